The van der Waals surface area contributed by atoms with E-state index in [4.69, 9.17) is 28.8 Å². The molecular weight excluding hydrogens is 644 g/mol. The van der Waals surface area contributed by atoms with Crippen molar-refractivity contribution in [3.63, 3.8) is 0 Å². The van der Waals surface area contributed by atoms with Crippen LogP contribution < -0.4 is 9.64 Å². The number of benzene rings is 2. The van der Waals surface area contributed by atoms with Crippen molar-refractivity contribution < 1.29 is 38.1 Å². The third-order valence-corrected chi connectivity index (χ3v) is 7.57. The number of para-hydroxylation sites is 1. The van der Waals surface area contributed by atoms with Gasteiger partial charge < -0.3 is 28.6 Å². The van der Waals surface area contributed by atoms with E-state index in [0.29, 0.717) is 48.5 Å². The summed E-state index contributed by atoms with van der Waals surface area (Å²) in [4.78, 5) is 42.7. The zero-order valence-electron chi connectivity index (χ0n) is 29.5. The molecule has 50 heavy (non-hydrogen) atoms. The number of nitrogens with zero attached hydrogens (tertiary/aromatic N) is 6. The van der Waals surface area contributed by atoms with E-state index in [1.165, 1.54) is 7.11 Å². The summed E-state index contributed by atoms with van der Waals surface area (Å²) in [6.07, 6.45) is -1.32. The fourth-order valence-corrected chi connectivity index (χ4v) is 5.37. The fraction of sp³-hybridized carbons (Fsp3) is 0.444. The number of fused-ring (bicyclic) bond motifs is 1. The number of rotatable bonds is 8. The van der Waals surface area contributed by atoms with Crippen LogP contribution in [0.2, 0.25) is 0 Å². The van der Waals surface area contributed by atoms with Gasteiger partial charge in [-0.15, -0.1) is 10.2 Å². The summed E-state index contributed by atoms with van der Waals surface area (Å²) in [6.45, 7) is 11.2. The summed E-state index contributed by atoms with van der Waals surface area (Å²) in [5.74, 6) is 0.442. The van der Waals surface area contributed by atoms with Gasteiger partial charge in [0.05, 0.1) is 17.3 Å². The standard InChI is InChI=1S/C36H44N6O8/c1-35(2,3)49-33(44)41(34(45)50-36(4,5)6)31-30-28(21-27(37-38-30)26-15-11-12-16-29(26)48-23-46-7)42(39-31)25-17-19-40(20-18-25)32(43)47-22-24-13-9-8-10-14-24/h8-16,21,25H,17-20,22-23H2,1-7H3. The third-order valence-electron chi connectivity index (χ3n) is 7.57. The molecule has 5 rings (SSSR count). The number of likely N-dealkylation sites (tertiary alicyclic amines) is 1. The van der Waals surface area contributed by atoms with E-state index in [1.54, 1.807) is 63.3 Å². The highest BCUT2D eigenvalue weighted by Crippen LogP contribution is 2.36. The molecule has 4 aromatic rings. The van der Waals surface area contributed by atoms with Crippen LogP contribution in [-0.2, 0) is 25.6 Å². The number of carbonyl (C=O) groups excluding carboxylic acids is 3. The molecular formula is C36H44N6O8. The molecule has 3 heterocycles. The Labute approximate surface area is 291 Å². The van der Waals surface area contributed by atoms with E-state index < -0.39 is 29.5 Å². The molecule has 2 aromatic carbocycles. The minimum Gasteiger partial charge on any atom is -0.467 e. The molecule has 0 unspecified atom stereocenters. The summed E-state index contributed by atoms with van der Waals surface area (Å²) in [7, 11) is 1.53. The molecule has 14 heteroatoms. The molecule has 1 aliphatic rings. The first-order valence-electron chi connectivity index (χ1n) is 16.4. The average Bonchev–Trinajstić information content (AvgIpc) is 3.43. The minimum atomic E-state index is -0.974. The molecule has 1 fully saturated rings. The van der Waals surface area contributed by atoms with E-state index in [2.05, 4.69) is 10.2 Å². The molecule has 14 nitrogen and oxygen atoms in total. The quantitative estimate of drug-likeness (QED) is 0.138. The van der Waals surface area contributed by atoms with Crippen LogP contribution in [0.25, 0.3) is 22.3 Å². The molecule has 266 valence electrons. The Morgan fingerprint density at radius 2 is 1.48 bits per heavy atom. The highest BCUT2D eigenvalue weighted by molar-refractivity contribution is 6.13. The Hall–Kier alpha value is -5.24. The van der Waals surface area contributed by atoms with Gasteiger partial charge in [-0.2, -0.15) is 10.00 Å². The Bertz CT molecular complexity index is 1780. The molecule has 0 bridgehead atoms. The van der Waals surface area contributed by atoms with E-state index >= 15 is 0 Å². The maximum atomic E-state index is 13.7. The number of methoxy groups -OCH3 is 1. The van der Waals surface area contributed by atoms with E-state index in [0.717, 1.165) is 10.5 Å². The highest BCUT2D eigenvalue weighted by atomic mass is 16.7. The number of hydrogen-bond donors (Lipinski definition) is 0. The van der Waals surface area contributed by atoms with Gasteiger partial charge in [0.1, 0.15) is 23.6 Å². The Morgan fingerprint density at radius 1 is 0.860 bits per heavy atom. The predicted octanol–water partition coefficient (Wildman–Crippen LogP) is 7.13. The van der Waals surface area contributed by atoms with E-state index in [9.17, 15) is 14.4 Å². The second kappa shape index (κ2) is 15.1. The van der Waals surface area contributed by atoms with Gasteiger partial charge in [-0.05, 0) is 78.1 Å². The van der Waals surface area contributed by atoms with Crippen LogP contribution >= 0.6 is 0 Å². The second-order valence-electron chi connectivity index (χ2n) is 13.8. The van der Waals surface area contributed by atoms with Gasteiger partial charge in [-0.3, -0.25) is 4.68 Å². The number of aromatic nitrogens is 4. The van der Waals surface area contributed by atoms with Gasteiger partial charge in [0.15, 0.2) is 18.1 Å². The van der Waals surface area contributed by atoms with Crippen molar-refractivity contribution >= 4 is 35.1 Å². The maximum Gasteiger partial charge on any atom is 0.425 e. The van der Waals surface area contributed by atoms with Gasteiger partial charge in [-0.25, -0.2) is 14.4 Å². The van der Waals surface area contributed by atoms with Crippen LogP contribution in [0.3, 0.4) is 0 Å². The smallest absolute Gasteiger partial charge is 0.425 e. The number of carbonyl (C=O) groups is 3. The van der Waals surface area contributed by atoms with Crippen molar-refractivity contribution in [1.29, 1.82) is 0 Å². The summed E-state index contributed by atoms with van der Waals surface area (Å²) in [6, 6.07) is 18.4. The third kappa shape index (κ3) is 8.86. The van der Waals surface area contributed by atoms with Gasteiger partial charge >= 0.3 is 18.3 Å². The number of hydrogen-bond acceptors (Lipinski definition) is 11. The van der Waals surface area contributed by atoms with E-state index in [-0.39, 0.29) is 30.8 Å². The fourth-order valence-electron chi connectivity index (χ4n) is 5.37. The van der Waals surface area contributed by atoms with Crippen molar-refractivity contribution in [3.8, 4) is 17.0 Å². The Balaban J connectivity index is 1.53. The summed E-state index contributed by atoms with van der Waals surface area (Å²) >= 11 is 0. The van der Waals surface area contributed by atoms with Crippen LogP contribution in [0.15, 0.2) is 60.7 Å². The monoisotopic (exact) mass is 688 g/mol. The van der Waals surface area contributed by atoms with Crippen molar-refractivity contribution in [2.75, 3.05) is 31.9 Å². The average molecular weight is 689 g/mol. The van der Waals surface area contributed by atoms with Crippen molar-refractivity contribution in [2.24, 2.45) is 0 Å². The van der Waals surface area contributed by atoms with Gasteiger partial charge in [0.25, 0.3) is 0 Å². The van der Waals surface area contributed by atoms with Crippen LogP contribution in [-0.4, -0.2) is 81.4 Å². The van der Waals surface area contributed by atoms with Gasteiger partial charge in [0.2, 0.25) is 0 Å². The topological polar surface area (TPSA) is 147 Å². The molecule has 0 N–H and O–H groups in total. The van der Waals surface area contributed by atoms with Crippen LogP contribution in [0.4, 0.5) is 20.2 Å². The Morgan fingerprint density at radius 3 is 2.10 bits per heavy atom. The first-order chi connectivity index (χ1) is 23.7. The lowest BCUT2D eigenvalue weighted by atomic mass is 10.1. The molecule has 0 saturated carbocycles. The lowest BCUT2D eigenvalue weighted by molar-refractivity contribution is 0.0427. The summed E-state index contributed by atoms with van der Waals surface area (Å²) in [5.41, 5.74) is 0.863. The zero-order chi connectivity index (χ0) is 36.1. The molecule has 0 radical (unpaired) electrons. The summed E-state index contributed by atoms with van der Waals surface area (Å²) in [5, 5.41) is 13.8. The molecule has 0 spiro atoms. The SMILES string of the molecule is COCOc1ccccc1-c1cc2c(nn1)c(N(C(=O)OC(C)(C)C)C(=O)OC(C)(C)C)nn2C1CCN(C(=O)OCc2ccccc2)CC1. The van der Waals surface area contributed by atoms with Crippen molar-refractivity contribution in [1.82, 2.24) is 24.9 Å². The van der Waals surface area contributed by atoms with Crippen LogP contribution in [0.1, 0.15) is 66.0 Å². The number of amides is 3. The van der Waals surface area contributed by atoms with Crippen molar-refractivity contribution in [2.45, 2.75) is 78.2 Å². The molecule has 0 aliphatic carbocycles. The van der Waals surface area contributed by atoms with Crippen molar-refractivity contribution in [3.05, 3.63) is 66.2 Å². The molecule has 1 aliphatic heterocycles. The van der Waals surface area contributed by atoms with Gasteiger partial charge in [-0.1, -0.05) is 42.5 Å². The Kier molecular flexibility index (Phi) is 10.9. The number of imide groups is 1. The first kappa shape index (κ1) is 36.1. The molecule has 3 amide bonds. The largest absolute Gasteiger partial charge is 0.467 e. The molecule has 1 saturated heterocycles. The second-order valence-corrected chi connectivity index (χ2v) is 13.8. The normalized spacial score (nSPS) is 13.9. The van der Waals surface area contributed by atoms with E-state index in [1.807, 2.05) is 48.5 Å². The minimum absolute atomic E-state index is 0.0296. The van der Waals surface area contributed by atoms with Crippen LogP contribution in [0, 0.1) is 0 Å². The zero-order valence-corrected chi connectivity index (χ0v) is 29.5. The first-order valence-corrected chi connectivity index (χ1v) is 16.4. The van der Waals surface area contributed by atoms with Gasteiger partial charge in [0, 0.05) is 25.8 Å². The maximum absolute atomic E-state index is 13.7. The number of anilines is 1. The lowest BCUT2D eigenvalue weighted by Gasteiger charge is -2.31. The van der Waals surface area contributed by atoms with Crippen LogP contribution in [0.5, 0.6) is 5.75 Å². The lowest BCUT2D eigenvalue weighted by Crippen LogP contribution is -2.44. The number of ether oxygens (including phenoxy) is 5. The predicted molar refractivity (Wildman–Crippen MR) is 185 cm³/mol. The summed E-state index contributed by atoms with van der Waals surface area (Å²) < 4.78 is 29.5. The molecule has 2 aromatic heterocycles. The highest BCUT2D eigenvalue weighted by Gasteiger charge is 2.38. The molecule has 0 atom stereocenters. The number of piperidine rings is 1.